The molecule has 5 heteroatoms. The van der Waals surface area contributed by atoms with Crippen LogP contribution in [0.25, 0.3) is 6.08 Å². The summed E-state index contributed by atoms with van der Waals surface area (Å²) in [5, 5.41) is 21.7. The van der Waals surface area contributed by atoms with Gasteiger partial charge in [-0.05, 0) is 51.8 Å². The first-order valence-corrected chi connectivity index (χ1v) is 10.1. The summed E-state index contributed by atoms with van der Waals surface area (Å²) in [5.41, 5.74) is 2.38. The SMILES string of the molecule is CC(C)=CCc1c2c(c(O)c3c1O[C@H](c1ccccc1)[C@@H](O)C3=O)C=CC(C)(C)O2. The van der Waals surface area contributed by atoms with Crippen LogP contribution in [0, 0.1) is 0 Å². The Labute approximate surface area is 176 Å². The van der Waals surface area contributed by atoms with Crippen LogP contribution in [-0.4, -0.2) is 27.7 Å². The lowest BCUT2D eigenvalue weighted by Crippen LogP contribution is -2.37. The lowest BCUT2D eigenvalue weighted by Gasteiger charge is -2.35. The average Bonchev–Trinajstić information content (AvgIpc) is 2.69. The number of aromatic hydroxyl groups is 1. The predicted molar refractivity (Wildman–Crippen MR) is 115 cm³/mol. The molecular weight excluding hydrogens is 380 g/mol. The molecule has 0 saturated heterocycles. The summed E-state index contributed by atoms with van der Waals surface area (Å²) in [6.45, 7) is 7.84. The molecule has 2 N–H and O–H groups in total. The minimum Gasteiger partial charge on any atom is -0.506 e. The van der Waals surface area contributed by atoms with Crippen molar-refractivity contribution in [1.82, 2.24) is 0 Å². The van der Waals surface area contributed by atoms with Gasteiger partial charge in [-0.2, -0.15) is 0 Å². The predicted octanol–water partition coefficient (Wildman–Crippen LogP) is 4.76. The highest BCUT2D eigenvalue weighted by Gasteiger charge is 2.43. The van der Waals surface area contributed by atoms with Gasteiger partial charge in [-0.1, -0.05) is 42.0 Å². The smallest absolute Gasteiger partial charge is 0.202 e. The van der Waals surface area contributed by atoms with E-state index in [0.717, 1.165) is 5.57 Å². The molecule has 0 aliphatic carbocycles. The van der Waals surface area contributed by atoms with E-state index in [4.69, 9.17) is 9.47 Å². The Morgan fingerprint density at radius 2 is 1.87 bits per heavy atom. The highest BCUT2D eigenvalue weighted by Crippen LogP contribution is 2.51. The van der Waals surface area contributed by atoms with E-state index >= 15 is 0 Å². The number of Topliss-reactive ketones (excluding diaryl/α,β-unsaturated/α-hetero) is 1. The van der Waals surface area contributed by atoms with Crippen molar-refractivity contribution in [3.63, 3.8) is 0 Å². The van der Waals surface area contributed by atoms with Crippen molar-refractivity contribution in [1.29, 1.82) is 0 Å². The van der Waals surface area contributed by atoms with Crippen molar-refractivity contribution >= 4 is 11.9 Å². The summed E-state index contributed by atoms with van der Waals surface area (Å²) < 4.78 is 12.4. The molecule has 2 heterocycles. The number of carbonyl (C=O) groups is 1. The van der Waals surface area contributed by atoms with Crippen LogP contribution in [-0.2, 0) is 6.42 Å². The number of aliphatic hydroxyl groups excluding tert-OH is 1. The Morgan fingerprint density at radius 3 is 2.53 bits per heavy atom. The fourth-order valence-electron chi connectivity index (χ4n) is 3.84. The number of carbonyl (C=O) groups excluding carboxylic acids is 1. The Bertz CT molecular complexity index is 1060. The Hall–Kier alpha value is -3.05. The number of hydrogen-bond acceptors (Lipinski definition) is 5. The number of allylic oxidation sites excluding steroid dienone is 2. The first-order chi connectivity index (χ1) is 14.2. The number of rotatable bonds is 3. The van der Waals surface area contributed by atoms with Gasteiger partial charge >= 0.3 is 0 Å². The van der Waals surface area contributed by atoms with Crippen LogP contribution >= 0.6 is 0 Å². The topological polar surface area (TPSA) is 76.0 Å². The second-order valence-electron chi connectivity index (χ2n) is 8.56. The van der Waals surface area contributed by atoms with Crippen molar-refractivity contribution in [2.75, 3.05) is 0 Å². The molecule has 156 valence electrons. The third-order valence-corrected chi connectivity index (χ3v) is 5.42. The second kappa shape index (κ2) is 7.33. The maximum atomic E-state index is 13.2. The van der Waals surface area contributed by atoms with Crippen LogP contribution in [0.3, 0.4) is 0 Å². The van der Waals surface area contributed by atoms with Gasteiger partial charge in [0.15, 0.2) is 12.2 Å². The van der Waals surface area contributed by atoms with Gasteiger partial charge in [-0.15, -0.1) is 0 Å². The van der Waals surface area contributed by atoms with Crippen LogP contribution < -0.4 is 9.47 Å². The van der Waals surface area contributed by atoms with E-state index in [-0.39, 0.29) is 17.1 Å². The maximum absolute atomic E-state index is 13.2. The van der Waals surface area contributed by atoms with Gasteiger partial charge in [-0.3, -0.25) is 4.79 Å². The number of phenols is 1. The average molecular weight is 406 g/mol. The van der Waals surface area contributed by atoms with Gasteiger partial charge in [0, 0.05) is 5.56 Å². The number of aliphatic hydroxyl groups is 1. The normalized spacial score (nSPS) is 21.2. The van der Waals surface area contributed by atoms with Gasteiger partial charge in [0.2, 0.25) is 5.78 Å². The zero-order chi connectivity index (χ0) is 21.6. The molecule has 0 aromatic heterocycles. The van der Waals surface area contributed by atoms with Crippen molar-refractivity contribution < 1.29 is 24.5 Å². The molecule has 0 amide bonds. The monoisotopic (exact) mass is 406 g/mol. The van der Waals surface area contributed by atoms with Gasteiger partial charge in [-0.25, -0.2) is 0 Å². The van der Waals surface area contributed by atoms with E-state index in [1.54, 1.807) is 6.08 Å². The Kier molecular flexibility index (Phi) is 4.94. The third-order valence-electron chi connectivity index (χ3n) is 5.42. The molecule has 0 unspecified atom stereocenters. The minimum absolute atomic E-state index is 0.0125. The van der Waals surface area contributed by atoms with Gasteiger partial charge < -0.3 is 19.7 Å². The van der Waals surface area contributed by atoms with E-state index < -0.39 is 23.6 Å². The summed E-state index contributed by atoms with van der Waals surface area (Å²) in [7, 11) is 0. The van der Waals surface area contributed by atoms with Crippen molar-refractivity contribution in [2.45, 2.75) is 51.9 Å². The molecule has 4 rings (SSSR count). The molecule has 0 saturated carbocycles. The zero-order valence-corrected chi connectivity index (χ0v) is 17.6. The van der Waals surface area contributed by atoms with Gasteiger partial charge in [0.05, 0.1) is 5.56 Å². The number of fused-ring (bicyclic) bond motifs is 2. The number of ether oxygens (including phenoxy) is 2. The Balaban J connectivity index is 1.95. The lowest BCUT2D eigenvalue weighted by atomic mass is 9.87. The Morgan fingerprint density at radius 1 is 1.17 bits per heavy atom. The van der Waals surface area contributed by atoms with Crippen molar-refractivity contribution in [2.24, 2.45) is 0 Å². The minimum atomic E-state index is -1.41. The zero-order valence-electron chi connectivity index (χ0n) is 17.6. The second-order valence-corrected chi connectivity index (χ2v) is 8.56. The molecule has 2 aliphatic rings. The highest BCUT2D eigenvalue weighted by molar-refractivity contribution is 6.07. The molecule has 5 nitrogen and oxygen atoms in total. The summed E-state index contributed by atoms with van der Waals surface area (Å²) >= 11 is 0. The largest absolute Gasteiger partial charge is 0.506 e. The number of hydrogen-bond donors (Lipinski definition) is 2. The van der Waals surface area contributed by atoms with Crippen LogP contribution in [0.5, 0.6) is 17.2 Å². The highest BCUT2D eigenvalue weighted by atomic mass is 16.5. The van der Waals surface area contributed by atoms with Crippen LogP contribution in [0.15, 0.2) is 48.1 Å². The molecule has 2 aromatic carbocycles. The fourth-order valence-corrected chi connectivity index (χ4v) is 3.84. The summed E-state index contributed by atoms with van der Waals surface area (Å²) in [6.07, 6.45) is 3.83. The molecule has 2 aliphatic heterocycles. The maximum Gasteiger partial charge on any atom is 0.202 e. The van der Waals surface area contributed by atoms with E-state index in [2.05, 4.69) is 0 Å². The molecule has 0 fully saturated rings. The fraction of sp³-hybridized carbons (Fsp3) is 0.320. The van der Waals surface area contributed by atoms with Crippen LogP contribution in [0.2, 0.25) is 0 Å². The quantitative estimate of drug-likeness (QED) is 0.719. The number of phenolic OH excluding ortho intramolecular Hbond substituents is 1. The lowest BCUT2D eigenvalue weighted by molar-refractivity contribution is 0.0204. The first-order valence-electron chi connectivity index (χ1n) is 10.1. The van der Waals surface area contributed by atoms with E-state index in [1.165, 1.54) is 0 Å². The molecular formula is C25H26O5. The number of benzene rings is 2. The van der Waals surface area contributed by atoms with Gasteiger partial charge in [0.25, 0.3) is 0 Å². The third kappa shape index (κ3) is 3.39. The molecule has 0 bridgehead atoms. The van der Waals surface area contributed by atoms with E-state index in [0.29, 0.717) is 28.9 Å². The molecule has 0 radical (unpaired) electrons. The molecule has 0 spiro atoms. The van der Waals surface area contributed by atoms with Crippen molar-refractivity contribution in [3.05, 3.63) is 70.3 Å². The molecule has 2 atom stereocenters. The summed E-state index contributed by atoms with van der Waals surface area (Å²) in [6, 6.07) is 9.14. The molecule has 30 heavy (non-hydrogen) atoms. The summed E-state index contributed by atoms with van der Waals surface area (Å²) in [5.74, 6) is 0.0107. The van der Waals surface area contributed by atoms with Crippen molar-refractivity contribution in [3.8, 4) is 17.2 Å². The molecule has 2 aromatic rings. The van der Waals surface area contributed by atoms with Gasteiger partial charge in [0.1, 0.15) is 28.4 Å². The first kappa shape index (κ1) is 20.2. The van der Waals surface area contributed by atoms with Crippen LogP contribution in [0.1, 0.15) is 60.8 Å². The summed E-state index contributed by atoms with van der Waals surface area (Å²) in [4.78, 5) is 13.2. The number of ketones is 1. The standard InChI is InChI=1S/C25H26O5/c1-14(2)10-11-17-23-16(12-13-25(3,4)30-23)19(26)18-20(27)21(28)22(29-24(17)18)15-8-6-5-7-9-15/h5-10,12-13,21-22,26,28H,11H2,1-4H3/t21-,22+/m0/s1. The van der Waals surface area contributed by atoms with E-state index in [1.807, 2.05) is 70.2 Å². The van der Waals surface area contributed by atoms with E-state index in [9.17, 15) is 15.0 Å². The van der Waals surface area contributed by atoms with Crippen LogP contribution in [0.4, 0.5) is 0 Å².